The summed E-state index contributed by atoms with van der Waals surface area (Å²) in [5.74, 6) is -0.684. The molecule has 26 heavy (non-hydrogen) atoms. The summed E-state index contributed by atoms with van der Waals surface area (Å²) in [6, 6.07) is 18.4. The van der Waals surface area contributed by atoms with E-state index in [-0.39, 0.29) is 6.61 Å². The first-order chi connectivity index (χ1) is 12.5. The summed E-state index contributed by atoms with van der Waals surface area (Å²) in [6.07, 6.45) is -6.12. The van der Waals surface area contributed by atoms with Crippen LogP contribution < -0.4 is 0 Å². The highest BCUT2D eigenvalue weighted by Gasteiger charge is 2.71. The summed E-state index contributed by atoms with van der Waals surface area (Å²) in [7, 11) is 0. The maximum absolute atomic E-state index is 11.4. The van der Waals surface area contributed by atoms with Gasteiger partial charge in [0, 0.05) is 5.92 Å². The lowest BCUT2D eigenvalue weighted by molar-refractivity contribution is -0.387. The van der Waals surface area contributed by atoms with Crippen LogP contribution in [0.1, 0.15) is 17.0 Å². The van der Waals surface area contributed by atoms with Gasteiger partial charge in [0.1, 0.15) is 23.9 Å². The molecule has 1 aliphatic carbocycles. The van der Waals surface area contributed by atoms with Crippen molar-refractivity contribution in [3.63, 3.8) is 0 Å². The number of aliphatic hydroxyl groups excluding tert-OH is 3. The van der Waals surface area contributed by atoms with Crippen molar-refractivity contribution in [1.82, 2.24) is 0 Å². The minimum atomic E-state index is -1.64. The van der Waals surface area contributed by atoms with Crippen molar-refractivity contribution < 1.29 is 29.9 Å². The van der Waals surface area contributed by atoms with Gasteiger partial charge in [0.2, 0.25) is 0 Å². The third-order valence-electron chi connectivity index (χ3n) is 5.38. The van der Waals surface area contributed by atoms with E-state index < -0.39 is 42.2 Å². The molecule has 6 heteroatoms. The third-order valence-corrected chi connectivity index (χ3v) is 5.38. The van der Waals surface area contributed by atoms with Crippen molar-refractivity contribution in [3.05, 3.63) is 71.8 Å². The predicted octanol–water partition coefficient (Wildman–Crippen LogP) is 0.539. The van der Waals surface area contributed by atoms with E-state index in [0.717, 1.165) is 11.1 Å². The molecule has 1 heterocycles. The van der Waals surface area contributed by atoms with Crippen LogP contribution in [0.25, 0.3) is 0 Å². The van der Waals surface area contributed by atoms with Crippen LogP contribution in [0.4, 0.5) is 0 Å². The molecule has 1 aliphatic heterocycles. The van der Waals surface area contributed by atoms with Crippen LogP contribution in [0, 0.1) is 0 Å². The molecule has 0 amide bonds. The molecule has 138 valence electrons. The molecule has 4 N–H and O–H groups in total. The first kappa shape index (κ1) is 17.6. The van der Waals surface area contributed by atoms with Gasteiger partial charge in [0.05, 0.1) is 12.7 Å². The highest BCUT2D eigenvalue weighted by atomic mass is 16.7. The van der Waals surface area contributed by atoms with Crippen molar-refractivity contribution in [2.24, 2.45) is 0 Å². The molecule has 2 aromatic rings. The summed E-state index contributed by atoms with van der Waals surface area (Å²) in [4.78, 5) is 0. The van der Waals surface area contributed by atoms with Crippen LogP contribution in [0.3, 0.4) is 0 Å². The lowest BCUT2D eigenvalue weighted by Crippen LogP contribution is -2.80. The van der Waals surface area contributed by atoms with E-state index in [1.165, 1.54) is 0 Å². The fourth-order valence-corrected chi connectivity index (χ4v) is 4.08. The number of ether oxygens (including phenoxy) is 2. The topological polar surface area (TPSA) is 99.4 Å². The average Bonchev–Trinajstić information content (AvgIpc) is 2.66. The molecule has 1 saturated carbocycles. The lowest BCUT2D eigenvalue weighted by Gasteiger charge is -2.62. The molecule has 2 fully saturated rings. The Hall–Kier alpha value is -1.80. The summed E-state index contributed by atoms with van der Waals surface area (Å²) in [5.41, 5.74) is -0.0509. The van der Waals surface area contributed by atoms with E-state index in [1.54, 1.807) is 12.1 Å². The number of benzene rings is 2. The molecule has 3 unspecified atom stereocenters. The van der Waals surface area contributed by atoms with Gasteiger partial charge >= 0.3 is 0 Å². The largest absolute Gasteiger partial charge is 0.390 e. The Balaban J connectivity index is 1.63. The number of hydrogen-bond acceptors (Lipinski definition) is 6. The maximum atomic E-state index is 11.4. The van der Waals surface area contributed by atoms with Crippen molar-refractivity contribution in [1.29, 1.82) is 0 Å². The SMILES string of the molecule is OC1C(c2ccccc2)[C@@]2(O)[C@@H]1OC(O)[C@H](O)[C@H]2OCc1ccccc1. The number of aliphatic hydroxyl groups is 4. The fourth-order valence-electron chi connectivity index (χ4n) is 4.08. The monoisotopic (exact) mass is 358 g/mol. The molecule has 4 rings (SSSR count). The molecule has 0 bridgehead atoms. The van der Waals surface area contributed by atoms with Gasteiger partial charge in [-0.05, 0) is 11.1 Å². The Morgan fingerprint density at radius 3 is 2.15 bits per heavy atom. The van der Waals surface area contributed by atoms with E-state index in [0.29, 0.717) is 0 Å². The molecule has 7 atom stereocenters. The van der Waals surface area contributed by atoms with Crippen LogP contribution in [0.15, 0.2) is 60.7 Å². The van der Waals surface area contributed by atoms with E-state index in [9.17, 15) is 20.4 Å². The zero-order valence-corrected chi connectivity index (χ0v) is 14.1. The summed E-state index contributed by atoms with van der Waals surface area (Å²) in [5, 5.41) is 42.2. The van der Waals surface area contributed by atoms with E-state index in [2.05, 4.69) is 0 Å². The van der Waals surface area contributed by atoms with E-state index in [1.807, 2.05) is 48.5 Å². The van der Waals surface area contributed by atoms with Crippen LogP contribution in [-0.4, -0.2) is 56.7 Å². The molecule has 0 spiro atoms. The standard InChI is InChI=1S/C20H22O6/c21-15-14(13-9-5-2-6-10-13)20(24)17(16(22)19(23)26-18(15)20)25-11-12-7-3-1-4-8-12/h1-10,14-19,21-24H,11H2/t14?,15?,16-,17-,18-,19?,20+/m1/s1. The second kappa shape index (κ2) is 6.74. The van der Waals surface area contributed by atoms with Gasteiger partial charge < -0.3 is 29.9 Å². The molecule has 1 saturated heterocycles. The lowest BCUT2D eigenvalue weighted by atomic mass is 9.57. The van der Waals surface area contributed by atoms with E-state index >= 15 is 0 Å². The fraction of sp³-hybridized carbons (Fsp3) is 0.400. The second-order valence-electron chi connectivity index (χ2n) is 6.92. The Morgan fingerprint density at radius 1 is 0.885 bits per heavy atom. The maximum Gasteiger partial charge on any atom is 0.184 e. The molecule has 2 aromatic carbocycles. The van der Waals surface area contributed by atoms with Gasteiger partial charge in [-0.2, -0.15) is 0 Å². The van der Waals surface area contributed by atoms with E-state index in [4.69, 9.17) is 9.47 Å². The zero-order chi connectivity index (χ0) is 18.3. The van der Waals surface area contributed by atoms with Gasteiger partial charge in [-0.15, -0.1) is 0 Å². The minimum Gasteiger partial charge on any atom is -0.390 e. The molecular weight excluding hydrogens is 336 g/mol. The van der Waals surface area contributed by atoms with Crippen LogP contribution >= 0.6 is 0 Å². The normalized spacial score (nSPS) is 39.1. The summed E-state index contributed by atoms with van der Waals surface area (Å²) < 4.78 is 11.1. The van der Waals surface area contributed by atoms with Gasteiger partial charge in [0.15, 0.2) is 6.29 Å². The Morgan fingerprint density at radius 2 is 1.50 bits per heavy atom. The Labute approximate surface area is 151 Å². The highest BCUT2D eigenvalue weighted by molar-refractivity contribution is 5.35. The van der Waals surface area contributed by atoms with Crippen LogP contribution in [0.2, 0.25) is 0 Å². The van der Waals surface area contributed by atoms with Crippen LogP contribution in [-0.2, 0) is 16.1 Å². The Bertz CT molecular complexity index is 738. The summed E-state index contributed by atoms with van der Waals surface area (Å²) >= 11 is 0. The highest BCUT2D eigenvalue weighted by Crippen LogP contribution is 2.54. The van der Waals surface area contributed by atoms with Gasteiger partial charge in [-0.3, -0.25) is 0 Å². The number of hydrogen-bond donors (Lipinski definition) is 4. The minimum absolute atomic E-state index is 0.155. The Kier molecular flexibility index (Phi) is 4.56. The van der Waals surface area contributed by atoms with Crippen molar-refractivity contribution >= 4 is 0 Å². The van der Waals surface area contributed by atoms with Gasteiger partial charge in [0.25, 0.3) is 0 Å². The molecule has 0 aromatic heterocycles. The number of rotatable bonds is 4. The third kappa shape index (κ3) is 2.66. The molecular formula is C20H22O6. The molecule has 2 aliphatic rings. The number of fused-ring (bicyclic) bond motifs is 1. The predicted molar refractivity (Wildman–Crippen MR) is 92.0 cm³/mol. The van der Waals surface area contributed by atoms with Crippen molar-refractivity contribution in [3.8, 4) is 0 Å². The molecule has 0 radical (unpaired) electrons. The van der Waals surface area contributed by atoms with Crippen LogP contribution in [0.5, 0.6) is 0 Å². The second-order valence-corrected chi connectivity index (χ2v) is 6.92. The van der Waals surface area contributed by atoms with Crippen molar-refractivity contribution in [2.45, 2.75) is 48.8 Å². The average molecular weight is 358 g/mol. The zero-order valence-electron chi connectivity index (χ0n) is 14.1. The first-order valence-electron chi connectivity index (χ1n) is 8.66. The first-order valence-corrected chi connectivity index (χ1v) is 8.66. The molecule has 6 nitrogen and oxygen atoms in total. The smallest absolute Gasteiger partial charge is 0.184 e. The summed E-state index contributed by atoms with van der Waals surface area (Å²) in [6.45, 7) is 0.155. The van der Waals surface area contributed by atoms with Crippen molar-refractivity contribution in [2.75, 3.05) is 0 Å². The van der Waals surface area contributed by atoms with Gasteiger partial charge in [-0.1, -0.05) is 60.7 Å². The quantitative estimate of drug-likeness (QED) is 0.637. The van der Waals surface area contributed by atoms with Gasteiger partial charge in [-0.25, -0.2) is 0 Å².